The second-order valence-corrected chi connectivity index (χ2v) is 7.18. The first-order valence-electron chi connectivity index (χ1n) is 9.36. The minimum absolute atomic E-state index is 0.0732. The van der Waals surface area contributed by atoms with Gasteiger partial charge in [-0.3, -0.25) is 9.59 Å². The van der Waals surface area contributed by atoms with Crippen LogP contribution in [0.15, 0.2) is 36.8 Å². The van der Waals surface area contributed by atoms with Crippen molar-refractivity contribution < 1.29 is 9.59 Å². The summed E-state index contributed by atoms with van der Waals surface area (Å²) in [6, 6.07) is 7.48. The Morgan fingerprint density at radius 2 is 2.07 bits per heavy atom. The Balaban J connectivity index is 1.68. The second-order valence-electron chi connectivity index (χ2n) is 7.18. The number of amides is 2. The van der Waals surface area contributed by atoms with Crippen molar-refractivity contribution in [2.75, 3.05) is 26.7 Å². The molecule has 0 unspecified atom stereocenters. The molecule has 3 rings (SSSR count). The zero-order valence-electron chi connectivity index (χ0n) is 15.9. The fourth-order valence-electron chi connectivity index (χ4n) is 3.46. The van der Waals surface area contributed by atoms with Crippen LogP contribution in [-0.4, -0.2) is 52.9 Å². The molecule has 0 bridgehead atoms. The van der Waals surface area contributed by atoms with Crippen LogP contribution < -0.4 is 10.6 Å². The van der Waals surface area contributed by atoms with Gasteiger partial charge in [0.05, 0.1) is 29.8 Å². The van der Waals surface area contributed by atoms with Crippen molar-refractivity contribution in [2.24, 2.45) is 5.92 Å². The first kappa shape index (κ1) is 19.1. The fourth-order valence-corrected chi connectivity index (χ4v) is 3.46. The topological polar surface area (TPSA) is 79.3 Å². The fraction of sp³-hybridized carbons (Fsp3) is 0.450. The third kappa shape index (κ3) is 5.17. The third-order valence-corrected chi connectivity index (χ3v) is 4.85. The molecule has 1 aromatic heterocycles. The Morgan fingerprint density at radius 1 is 1.26 bits per heavy atom. The number of hydrogen-bond acceptors (Lipinski definition) is 4. The van der Waals surface area contributed by atoms with E-state index in [-0.39, 0.29) is 11.8 Å². The molecular formula is C20H27N5O2. The van der Waals surface area contributed by atoms with E-state index in [1.165, 1.54) is 13.3 Å². The number of hydrogen-bond donors (Lipinski definition) is 2. The van der Waals surface area contributed by atoms with E-state index >= 15 is 0 Å². The minimum atomic E-state index is -0.0994. The second kappa shape index (κ2) is 8.81. The van der Waals surface area contributed by atoms with Crippen molar-refractivity contribution >= 4 is 11.8 Å². The van der Waals surface area contributed by atoms with Gasteiger partial charge >= 0.3 is 0 Å². The maximum absolute atomic E-state index is 12.8. The number of aromatic nitrogens is 2. The van der Waals surface area contributed by atoms with Crippen LogP contribution in [0.2, 0.25) is 0 Å². The van der Waals surface area contributed by atoms with Gasteiger partial charge in [0, 0.05) is 26.2 Å². The SMILES string of the molecule is CC(=O)NCc1cn(-c2ccccc2C(=O)NC[C@H]2CCCN(C)C2)cn1. The van der Waals surface area contributed by atoms with Gasteiger partial charge in [-0.15, -0.1) is 0 Å². The van der Waals surface area contributed by atoms with Gasteiger partial charge in [-0.1, -0.05) is 12.1 Å². The molecule has 2 amide bonds. The van der Waals surface area contributed by atoms with E-state index in [1.807, 2.05) is 35.0 Å². The van der Waals surface area contributed by atoms with Gasteiger partial charge in [-0.25, -0.2) is 4.98 Å². The highest BCUT2D eigenvalue weighted by molar-refractivity contribution is 5.97. The van der Waals surface area contributed by atoms with Gasteiger partial charge in [-0.2, -0.15) is 0 Å². The number of carbonyl (C=O) groups is 2. The van der Waals surface area contributed by atoms with E-state index in [1.54, 1.807) is 6.33 Å². The lowest BCUT2D eigenvalue weighted by molar-refractivity contribution is -0.119. The number of para-hydroxylation sites is 1. The third-order valence-electron chi connectivity index (χ3n) is 4.85. The number of benzene rings is 1. The molecule has 2 aromatic rings. The number of nitrogens with zero attached hydrogens (tertiary/aromatic N) is 3. The molecule has 1 atom stereocenters. The quantitative estimate of drug-likeness (QED) is 0.810. The summed E-state index contributed by atoms with van der Waals surface area (Å²) in [6.45, 7) is 4.69. The molecule has 0 saturated carbocycles. The number of likely N-dealkylation sites (tertiary alicyclic amines) is 1. The molecule has 1 aliphatic rings. The Hall–Kier alpha value is -2.67. The minimum Gasteiger partial charge on any atom is -0.352 e. The van der Waals surface area contributed by atoms with Crippen molar-refractivity contribution in [1.82, 2.24) is 25.1 Å². The average molecular weight is 369 g/mol. The van der Waals surface area contributed by atoms with Crippen molar-refractivity contribution in [3.63, 3.8) is 0 Å². The van der Waals surface area contributed by atoms with Crippen LogP contribution in [0, 0.1) is 5.92 Å². The summed E-state index contributed by atoms with van der Waals surface area (Å²) in [5.41, 5.74) is 2.13. The molecule has 7 nitrogen and oxygen atoms in total. The highest BCUT2D eigenvalue weighted by Gasteiger charge is 2.19. The van der Waals surface area contributed by atoms with E-state index in [0.29, 0.717) is 24.6 Å². The van der Waals surface area contributed by atoms with Crippen molar-refractivity contribution in [3.05, 3.63) is 48.0 Å². The van der Waals surface area contributed by atoms with Gasteiger partial charge in [0.1, 0.15) is 0 Å². The normalized spacial score (nSPS) is 17.5. The van der Waals surface area contributed by atoms with Gasteiger partial charge in [-0.05, 0) is 44.5 Å². The number of piperidine rings is 1. The van der Waals surface area contributed by atoms with Crippen molar-refractivity contribution in [2.45, 2.75) is 26.3 Å². The van der Waals surface area contributed by atoms with E-state index in [9.17, 15) is 9.59 Å². The highest BCUT2D eigenvalue weighted by Crippen LogP contribution is 2.17. The summed E-state index contributed by atoms with van der Waals surface area (Å²) in [5, 5.41) is 5.82. The summed E-state index contributed by atoms with van der Waals surface area (Å²) in [5.74, 6) is 0.325. The largest absolute Gasteiger partial charge is 0.352 e. The van der Waals surface area contributed by atoms with Crippen LogP contribution in [0.25, 0.3) is 5.69 Å². The molecule has 2 N–H and O–H groups in total. The van der Waals surface area contributed by atoms with Crippen LogP contribution in [0.5, 0.6) is 0 Å². The Bertz CT molecular complexity index is 801. The number of carbonyl (C=O) groups excluding carboxylic acids is 2. The van der Waals surface area contributed by atoms with Crippen LogP contribution in [0.1, 0.15) is 35.8 Å². The first-order chi connectivity index (χ1) is 13.0. The smallest absolute Gasteiger partial charge is 0.253 e. The molecule has 144 valence electrons. The molecule has 0 radical (unpaired) electrons. The van der Waals surface area contributed by atoms with E-state index in [0.717, 1.165) is 30.9 Å². The molecule has 27 heavy (non-hydrogen) atoms. The molecule has 0 spiro atoms. The molecule has 1 aliphatic heterocycles. The lowest BCUT2D eigenvalue weighted by Gasteiger charge is -2.29. The number of imidazole rings is 1. The molecule has 1 fully saturated rings. The summed E-state index contributed by atoms with van der Waals surface area (Å²) in [6.07, 6.45) is 5.83. The predicted molar refractivity (Wildman–Crippen MR) is 104 cm³/mol. The summed E-state index contributed by atoms with van der Waals surface area (Å²) < 4.78 is 1.82. The maximum atomic E-state index is 12.8. The van der Waals surface area contributed by atoms with Crippen LogP contribution in [0.4, 0.5) is 0 Å². The Kier molecular flexibility index (Phi) is 6.24. The average Bonchev–Trinajstić information content (AvgIpc) is 3.13. The Morgan fingerprint density at radius 3 is 2.85 bits per heavy atom. The Labute approximate surface area is 159 Å². The zero-order chi connectivity index (χ0) is 19.2. The molecule has 1 aromatic carbocycles. The predicted octanol–water partition coefficient (Wildman–Crippen LogP) is 1.58. The van der Waals surface area contributed by atoms with Gasteiger partial charge in [0.2, 0.25) is 5.91 Å². The van der Waals surface area contributed by atoms with Crippen molar-refractivity contribution in [1.29, 1.82) is 0 Å². The van der Waals surface area contributed by atoms with Crippen LogP contribution >= 0.6 is 0 Å². The standard InChI is InChI=1S/C20H27N5O2/c1-15(26)21-11-17-13-25(14-23-17)19-8-4-3-7-18(19)20(27)22-10-16-6-5-9-24(2)12-16/h3-4,7-8,13-14,16H,5-6,9-12H2,1-2H3,(H,21,26)(H,22,27)/t16-/m1/s1. The summed E-state index contributed by atoms with van der Waals surface area (Å²) in [4.78, 5) is 30.4. The van der Waals surface area contributed by atoms with E-state index in [4.69, 9.17) is 0 Å². The highest BCUT2D eigenvalue weighted by atomic mass is 16.2. The summed E-state index contributed by atoms with van der Waals surface area (Å²) >= 11 is 0. The molecule has 2 heterocycles. The lowest BCUT2D eigenvalue weighted by atomic mass is 9.98. The maximum Gasteiger partial charge on any atom is 0.253 e. The van der Waals surface area contributed by atoms with Crippen LogP contribution in [0.3, 0.4) is 0 Å². The molecule has 7 heteroatoms. The number of nitrogens with one attached hydrogen (secondary N) is 2. The van der Waals surface area contributed by atoms with Gasteiger partial charge in [0.15, 0.2) is 0 Å². The molecule has 0 aliphatic carbocycles. The first-order valence-corrected chi connectivity index (χ1v) is 9.36. The molecule has 1 saturated heterocycles. The van der Waals surface area contributed by atoms with Crippen LogP contribution in [-0.2, 0) is 11.3 Å². The molecular weight excluding hydrogens is 342 g/mol. The van der Waals surface area contributed by atoms with Gasteiger partial charge < -0.3 is 20.1 Å². The van der Waals surface area contributed by atoms with E-state index < -0.39 is 0 Å². The summed E-state index contributed by atoms with van der Waals surface area (Å²) in [7, 11) is 2.13. The monoisotopic (exact) mass is 369 g/mol. The van der Waals surface area contributed by atoms with Gasteiger partial charge in [0.25, 0.3) is 5.91 Å². The number of rotatable bonds is 6. The lowest BCUT2D eigenvalue weighted by Crippen LogP contribution is -2.39. The van der Waals surface area contributed by atoms with E-state index in [2.05, 4.69) is 27.6 Å². The van der Waals surface area contributed by atoms with Crippen molar-refractivity contribution in [3.8, 4) is 5.69 Å². The zero-order valence-corrected chi connectivity index (χ0v) is 15.9.